The maximum absolute atomic E-state index is 14.1. The molecule has 0 radical (unpaired) electrons. The zero-order chi connectivity index (χ0) is 16.2. The number of hydrogen-bond donors (Lipinski definition) is 1. The predicted molar refractivity (Wildman–Crippen MR) is 82.6 cm³/mol. The second-order valence-electron chi connectivity index (χ2n) is 5.47. The molecule has 1 aliphatic rings. The Kier molecular flexibility index (Phi) is 4.65. The van der Waals surface area contributed by atoms with Crippen LogP contribution in [-0.2, 0) is 11.3 Å². The van der Waals surface area contributed by atoms with Crippen LogP contribution in [0.2, 0.25) is 0 Å². The van der Waals surface area contributed by atoms with Crippen LogP contribution in [-0.4, -0.2) is 19.2 Å². The summed E-state index contributed by atoms with van der Waals surface area (Å²) in [5, 5.41) is 12.5. The number of nitrogens with one attached hydrogen (secondary N) is 1. The molecular weight excluding hydrogens is 298 g/mol. The zero-order valence-corrected chi connectivity index (χ0v) is 12.5. The van der Waals surface area contributed by atoms with Crippen molar-refractivity contribution in [3.63, 3.8) is 0 Å². The highest BCUT2D eigenvalue weighted by Gasteiger charge is 2.19. The van der Waals surface area contributed by atoms with Crippen molar-refractivity contribution in [3.8, 4) is 17.2 Å². The molecular formula is C18H16F2N2O. The lowest BCUT2D eigenvalue weighted by molar-refractivity contribution is 0.0543. The van der Waals surface area contributed by atoms with Crippen LogP contribution in [0.5, 0.6) is 0 Å². The van der Waals surface area contributed by atoms with Gasteiger partial charge >= 0.3 is 0 Å². The van der Waals surface area contributed by atoms with Crippen LogP contribution in [0.3, 0.4) is 0 Å². The normalized spacial score (nSPS) is 17.2. The van der Waals surface area contributed by atoms with Gasteiger partial charge in [-0.05, 0) is 30.7 Å². The number of ether oxygens (including phenoxy) is 1. The van der Waals surface area contributed by atoms with Crippen molar-refractivity contribution in [2.24, 2.45) is 0 Å². The fourth-order valence-corrected chi connectivity index (χ4v) is 2.78. The summed E-state index contributed by atoms with van der Waals surface area (Å²) >= 11 is 0. The Morgan fingerprint density at radius 2 is 1.96 bits per heavy atom. The highest BCUT2D eigenvalue weighted by Crippen LogP contribution is 2.30. The zero-order valence-electron chi connectivity index (χ0n) is 12.5. The molecule has 1 N–H and O–H groups in total. The van der Waals surface area contributed by atoms with Crippen molar-refractivity contribution in [2.45, 2.75) is 19.1 Å². The van der Waals surface area contributed by atoms with E-state index >= 15 is 0 Å². The summed E-state index contributed by atoms with van der Waals surface area (Å²) in [6.07, 6.45) is 0.977. The third-order valence-electron chi connectivity index (χ3n) is 4.02. The number of hydrogen-bond acceptors (Lipinski definition) is 3. The van der Waals surface area contributed by atoms with Crippen LogP contribution in [0, 0.1) is 23.0 Å². The molecule has 0 aromatic heterocycles. The largest absolute Gasteiger partial charge is 0.372 e. The first-order valence-corrected chi connectivity index (χ1v) is 7.49. The summed E-state index contributed by atoms with van der Waals surface area (Å²) in [5.74, 6) is -1.82. The van der Waals surface area contributed by atoms with Gasteiger partial charge in [0.25, 0.3) is 0 Å². The monoisotopic (exact) mass is 314 g/mol. The van der Waals surface area contributed by atoms with Gasteiger partial charge in [-0.1, -0.05) is 24.3 Å². The lowest BCUT2D eigenvalue weighted by atomic mass is 9.95. The summed E-state index contributed by atoms with van der Waals surface area (Å²) in [6.45, 7) is 1.86. The van der Waals surface area contributed by atoms with E-state index in [2.05, 4.69) is 11.4 Å². The minimum absolute atomic E-state index is 0.0759. The first-order chi connectivity index (χ1) is 11.2. The topological polar surface area (TPSA) is 45.0 Å². The Labute approximate surface area is 133 Å². The molecule has 2 aromatic carbocycles. The predicted octanol–water partition coefficient (Wildman–Crippen LogP) is 3.38. The third kappa shape index (κ3) is 3.24. The molecule has 3 rings (SSSR count). The van der Waals surface area contributed by atoms with Gasteiger partial charge in [-0.3, -0.25) is 0 Å². The Morgan fingerprint density at radius 3 is 2.70 bits per heavy atom. The van der Waals surface area contributed by atoms with Gasteiger partial charge in [0.2, 0.25) is 0 Å². The van der Waals surface area contributed by atoms with Crippen molar-refractivity contribution in [2.75, 3.05) is 13.1 Å². The molecule has 0 amide bonds. The molecule has 23 heavy (non-hydrogen) atoms. The second kappa shape index (κ2) is 6.86. The number of nitrogens with zero attached hydrogens (tertiary/aromatic N) is 1. The summed E-state index contributed by atoms with van der Waals surface area (Å²) in [4.78, 5) is 0. The molecule has 1 atom stereocenters. The summed E-state index contributed by atoms with van der Waals surface area (Å²) in [7, 11) is 0. The van der Waals surface area contributed by atoms with Crippen molar-refractivity contribution < 1.29 is 13.5 Å². The van der Waals surface area contributed by atoms with Gasteiger partial charge in [-0.2, -0.15) is 5.26 Å². The highest BCUT2D eigenvalue weighted by atomic mass is 19.2. The number of benzene rings is 2. The van der Waals surface area contributed by atoms with E-state index in [-0.39, 0.29) is 18.3 Å². The van der Waals surface area contributed by atoms with E-state index < -0.39 is 11.6 Å². The number of nitriles is 1. The van der Waals surface area contributed by atoms with Crippen LogP contribution in [0.4, 0.5) is 8.78 Å². The van der Waals surface area contributed by atoms with Crippen LogP contribution in [0.15, 0.2) is 36.4 Å². The Morgan fingerprint density at radius 1 is 1.17 bits per heavy atom. The first-order valence-electron chi connectivity index (χ1n) is 7.49. The minimum atomic E-state index is -0.911. The standard InChI is InChI=1S/C18H16F2N2O/c19-17-6-2-5-15(18(17)20)14-4-1-3-12(9-21)16(14)11-23-13-7-8-22-10-13/h1-6,13,22H,7-8,10-11H2. The molecule has 1 saturated heterocycles. The summed E-state index contributed by atoms with van der Waals surface area (Å²) in [5.41, 5.74) is 1.64. The van der Waals surface area contributed by atoms with Crippen LogP contribution < -0.4 is 5.32 Å². The van der Waals surface area contributed by atoms with Crippen molar-refractivity contribution >= 4 is 0 Å². The van der Waals surface area contributed by atoms with Gasteiger partial charge in [0.05, 0.1) is 24.3 Å². The fourth-order valence-electron chi connectivity index (χ4n) is 2.78. The number of rotatable bonds is 4. The fraction of sp³-hybridized carbons (Fsp3) is 0.278. The molecule has 0 spiro atoms. The number of halogens is 2. The smallest absolute Gasteiger partial charge is 0.166 e. The van der Waals surface area contributed by atoms with Gasteiger partial charge in [-0.25, -0.2) is 8.78 Å². The average Bonchev–Trinajstić information content (AvgIpc) is 3.08. The third-order valence-corrected chi connectivity index (χ3v) is 4.02. The molecule has 3 nitrogen and oxygen atoms in total. The van der Waals surface area contributed by atoms with Gasteiger partial charge in [-0.15, -0.1) is 0 Å². The maximum Gasteiger partial charge on any atom is 0.166 e. The summed E-state index contributed by atoms with van der Waals surface area (Å²) < 4.78 is 33.5. The highest BCUT2D eigenvalue weighted by molar-refractivity contribution is 5.70. The Hall–Kier alpha value is -2.29. The molecule has 2 aromatic rings. The van der Waals surface area contributed by atoms with E-state index in [9.17, 15) is 14.0 Å². The van der Waals surface area contributed by atoms with E-state index in [1.807, 2.05) is 0 Å². The van der Waals surface area contributed by atoms with Gasteiger partial charge in [0.15, 0.2) is 11.6 Å². The average molecular weight is 314 g/mol. The molecule has 5 heteroatoms. The molecule has 0 saturated carbocycles. The quantitative estimate of drug-likeness (QED) is 0.941. The van der Waals surface area contributed by atoms with Crippen LogP contribution in [0.1, 0.15) is 17.5 Å². The van der Waals surface area contributed by atoms with Gasteiger partial charge < -0.3 is 10.1 Å². The Bertz CT molecular complexity index is 749. The van der Waals surface area contributed by atoms with Crippen LogP contribution in [0.25, 0.3) is 11.1 Å². The van der Waals surface area contributed by atoms with Crippen molar-refractivity contribution in [1.29, 1.82) is 5.26 Å². The van der Waals surface area contributed by atoms with E-state index in [1.165, 1.54) is 12.1 Å². The molecule has 118 valence electrons. The molecule has 1 heterocycles. The van der Waals surface area contributed by atoms with Crippen molar-refractivity contribution in [1.82, 2.24) is 5.32 Å². The lowest BCUT2D eigenvalue weighted by Gasteiger charge is -2.15. The van der Waals surface area contributed by atoms with E-state index in [0.29, 0.717) is 16.7 Å². The van der Waals surface area contributed by atoms with E-state index in [0.717, 1.165) is 25.6 Å². The van der Waals surface area contributed by atoms with Crippen molar-refractivity contribution in [3.05, 3.63) is 59.2 Å². The molecule has 0 bridgehead atoms. The van der Waals surface area contributed by atoms with Gasteiger partial charge in [0.1, 0.15) is 0 Å². The SMILES string of the molecule is N#Cc1cccc(-c2cccc(F)c2F)c1COC1CCNC1. The second-order valence-corrected chi connectivity index (χ2v) is 5.47. The van der Waals surface area contributed by atoms with E-state index in [4.69, 9.17) is 4.74 Å². The van der Waals surface area contributed by atoms with E-state index in [1.54, 1.807) is 18.2 Å². The Balaban J connectivity index is 1.99. The molecule has 0 aliphatic carbocycles. The lowest BCUT2D eigenvalue weighted by Crippen LogP contribution is -2.17. The molecule has 1 unspecified atom stereocenters. The van der Waals surface area contributed by atoms with Gasteiger partial charge in [0, 0.05) is 17.7 Å². The summed E-state index contributed by atoms with van der Waals surface area (Å²) in [6, 6.07) is 11.2. The minimum Gasteiger partial charge on any atom is -0.372 e. The van der Waals surface area contributed by atoms with Crippen LogP contribution >= 0.6 is 0 Å². The maximum atomic E-state index is 14.1. The molecule has 1 fully saturated rings. The first kappa shape index (κ1) is 15.6. The molecule has 1 aliphatic heterocycles.